The molecule has 1 fully saturated rings. The van der Waals surface area contributed by atoms with Gasteiger partial charge in [0.15, 0.2) is 0 Å². The van der Waals surface area contributed by atoms with Crippen LogP contribution < -0.4 is 5.32 Å². The van der Waals surface area contributed by atoms with Gasteiger partial charge in [-0.25, -0.2) is 3.11 Å². The molecule has 1 aliphatic rings. The highest BCUT2D eigenvalue weighted by atomic mass is 127. The number of hydrogen-bond donors (Lipinski definition) is 1. The molecule has 7 heavy (non-hydrogen) atoms. The lowest BCUT2D eigenvalue weighted by molar-refractivity contribution is 0.313. The third-order valence-electron chi connectivity index (χ3n) is 1.26. The van der Waals surface area contributed by atoms with Crippen molar-refractivity contribution in [2.24, 2.45) is 0 Å². The van der Waals surface area contributed by atoms with Crippen molar-refractivity contribution in [2.45, 2.75) is 6.04 Å². The van der Waals surface area contributed by atoms with Gasteiger partial charge in [-0.2, -0.15) is 0 Å². The second-order valence-electron chi connectivity index (χ2n) is 1.84. The van der Waals surface area contributed by atoms with Crippen molar-refractivity contribution in [3.05, 3.63) is 0 Å². The molecule has 0 saturated carbocycles. The van der Waals surface area contributed by atoms with Gasteiger partial charge in [0, 0.05) is 42.0 Å². The van der Waals surface area contributed by atoms with Crippen molar-refractivity contribution < 1.29 is 0 Å². The van der Waals surface area contributed by atoms with Gasteiger partial charge >= 0.3 is 0 Å². The van der Waals surface area contributed by atoms with Crippen LogP contribution in [0.5, 0.6) is 0 Å². The van der Waals surface area contributed by atoms with Crippen molar-refractivity contribution in [2.75, 3.05) is 20.1 Å². The van der Waals surface area contributed by atoms with Crippen molar-refractivity contribution in [1.82, 2.24) is 8.43 Å². The van der Waals surface area contributed by atoms with Crippen LogP contribution in [0.15, 0.2) is 0 Å². The number of nitrogens with zero attached hydrogens (tertiary/aromatic N) is 1. The Bertz CT molecular complexity index is 60.7. The minimum absolute atomic E-state index is 0.792. The van der Waals surface area contributed by atoms with Crippen LogP contribution in [0, 0.1) is 0 Å². The van der Waals surface area contributed by atoms with Gasteiger partial charge in [-0.3, -0.25) is 0 Å². The molecule has 3 heteroatoms. The summed E-state index contributed by atoms with van der Waals surface area (Å²) in [6.45, 7) is 2.33. The fourth-order valence-electron chi connectivity index (χ4n) is 0.525. The Morgan fingerprint density at radius 1 is 1.71 bits per heavy atom. The minimum atomic E-state index is 0.792. The molecule has 0 spiro atoms. The zero-order valence-electron chi connectivity index (χ0n) is 4.32. The van der Waals surface area contributed by atoms with Crippen molar-refractivity contribution in [1.29, 1.82) is 0 Å². The van der Waals surface area contributed by atoms with Gasteiger partial charge < -0.3 is 5.32 Å². The molecule has 0 aliphatic carbocycles. The summed E-state index contributed by atoms with van der Waals surface area (Å²) in [6, 6.07) is 0.792. The Kier molecular flexibility index (Phi) is 1.88. The van der Waals surface area contributed by atoms with Crippen LogP contribution in [0.4, 0.5) is 0 Å². The first-order valence-corrected chi connectivity index (χ1v) is 3.36. The molecule has 2 nitrogen and oxygen atoms in total. The molecule has 0 radical (unpaired) electrons. The number of rotatable bonds is 1. The smallest absolute Gasteiger partial charge is 0.0440 e. The average molecular weight is 212 g/mol. The molecule has 42 valence electrons. The van der Waals surface area contributed by atoms with Crippen molar-refractivity contribution in [3.8, 4) is 0 Å². The zero-order valence-corrected chi connectivity index (χ0v) is 6.47. The third kappa shape index (κ3) is 1.27. The molecule has 0 atom stereocenters. The quantitative estimate of drug-likeness (QED) is 0.494. The largest absolute Gasteiger partial charge is 0.313 e. The van der Waals surface area contributed by atoms with Gasteiger partial charge in [0.25, 0.3) is 0 Å². The van der Waals surface area contributed by atoms with Crippen LogP contribution in [0.3, 0.4) is 0 Å². The lowest BCUT2D eigenvalue weighted by Crippen LogP contribution is -2.52. The van der Waals surface area contributed by atoms with E-state index in [1.165, 1.54) is 13.1 Å². The first-order chi connectivity index (χ1) is 3.30. The summed E-state index contributed by atoms with van der Waals surface area (Å²) in [6.07, 6.45) is 0. The van der Waals surface area contributed by atoms with Crippen molar-refractivity contribution >= 4 is 22.9 Å². The summed E-state index contributed by atoms with van der Waals surface area (Å²) >= 11 is 2.31. The lowest BCUT2D eigenvalue weighted by atomic mass is 10.2. The molecule has 0 aromatic heterocycles. The van der Waals surface area contributed by atoms with Crippen LogP contribution in [0.1, 0.15) is 0 Å². The summed E-state index contributed by atoms with van der Waals surface area (Å²) in [5.74, 6) is 0. The Labute approximate surface area is 57.8 Å². The van der Waals surface area contributed by atoms with E-state index in [0.29, 0.717) is 0 Å². The van der Waals surface area contributed by atoms with Crippen LogP contribution in [-0.4, -0.2) is 29.3 Å². The van der Waals surface area contributed by atoms with E-state index in [-0.39, 0.29) is 0 Å². The van der Waals surface area contributed by atoms with E-state index in [1.54, 1.807) is 0 Å². The highest BCUT2D eigenvalue weighted by molar-refractivity contribution is 14.1. The molecule has 1 heterocycles. The number of halogens is 1. The molecular formula is C4H9IN2. The maximum atomic E-state index is 3.20. The van der Waals surface area contributed by atoms with E-state index in [2.05, 4.69) is 38.3 Å². The topological polar surface area (TPSA) is 15.3 Å². The van der Waals surface area contributed by atoms with Gasteiger partial charge in [-0.05, 0) is 7.05 Å². The average Bonchev–Trinajstić information content (AvgIpc) is 1.23. The first-order valence-electron chi connectivity index (χ1n) is 2.40. The first kappa shape index (κ1) is 5.78. The van der Waals surface area contributed by atoms with Gasteiger partial charge in [-0.1, -0.05) is 0 Å². The van der Waals surface area contributed by atoms with E-state index >= 15 is 0 Å². The summed E-state index contributed by atoms with van der Waals surface area (Å²) in [7, 11) is 2.10. The Balaban J connectivity index is 2.14. The summed E-state index contributed by atoms with van der Waals surface area (Å²) in [5, 5.41) is 3.20. The molecular weight excluding hydrogens is 203 g/mol. The standard InChI is InChI=1S/C4H9IN2/c1-7(5)4-2-6-3-4/h4,6H,2-3H2,1H3. The van der Waals surface area contributed by atoms with E-state index < -0.39 is 0 Å². The van der Waals surface area contributed by atoms with Gasteiger partial charge in [0.1, 0.15) is 0 Å². The van der Waals surface area contributed by atoms with Crippen LogP contribution in [-0.2, 0) is 0 Å². The maximum absolute atomic E-state index is 3.20. The van der Waals surface area contributed by atoms with Crippen LogP contribution in [0.2, 0.25) is 0 Å². The van der Waals surface area contributed by atoms with Crippen LogP contribution >= 0.6 is 22.9 Å². The minimum Gasteiger partial charge on any atom is -0.313 e. The van der Waals surface area contributed by atoms with Gasteiger partial charge in [0.2, 0.25) is 0 Å². The lowest BCUT2D eigenvalue weighted by Gasteiger charge is -2.31. The fraction of sp³-hybridized carbons (Fsp3) is 1.00. The van der Waals surface area contributed by atoms with E-state index in [0.717, 1.165) is 6.04 Å². The third-order valence-corrected chi connectivity index (χ3v) is 2.05. The predicted octanol–water partition coefficient (Wildman–Crippen LogP) is 0.240. The predicted molar refractivity (Wildman–Crippen MR) is 38.4 cm³/mol. The highest BCUT2D eigenvalue weighted by Gasteiger charge is 2.18. The molecule has 1 aliphatic heterocycles. The molecule has 1 rings (SSSR count). The molecule has 1 saturated heterocycles. The molecule has 0 aromatic rings. The fourth-order valence-corrected chi connectivity index (χ4v) is 0.919. The van der Waals surface area contributed by atoms with E-state index in [9.17, 15) is 0 Å². The molecule has 0 unspecified atom stereocenters. The molecule has 1 N–H and O–H groups in total. The van der Waals surface area contributed by atoms with Gasteiger partial charge in [-0.15, -0.1) is 0 Å². The SMILES string of the molecule is CN(I)C1CNC1. The second kappa shape index (κ2) is 2.28. The van der Waals surface area contributed by atoms with Crippen LogP contribution in [0.25, 0.3) is 0 Å². The summed E-state index contributed by atoms with van der Waals surface area (Å²) in [5.41, 5.74) is 0. The van der Waals surface area contributed by atoms with Crippen molar-refractivity contribution in [3.63, 3.8) is 0 Å². The normalized spacial score (nSPS) is 22.7. The zero-order chi connectivity index (χ0) is 5.28. The Morgan fingerprint density at radius 2 is 2.29 bits per heavy atom. The number of hydrogen-bond acceptors (Lipinski definition) is 2. The maximum Gasteiger partial charge on any atom is 0.0440 e. The summed E-state index contributed by atoms with van der Waals surface area (Å²) < 4.78 is 2.22. The summed E-state index contributed by atoms with van der Waals surface area (Å²) in [4.78, 5) is 0. The molecule has 0 bridgehead atoms. The molecule has 0 amide bonds. The monoisotopic (exact) mass is 212 g/mol. The molecule has 0 aromatic carbocycles. The van der Waals surface area contributed by atoms with E-state index in [1.807, 2.05) is 0 Å². The highest BCUT2D eigenvalue weighted by Crippen LogP contribution is 2.05. The Morgan fingerprint density at radius 3 is 2.29 bits per heavy atom. The Hall–Kier alpha value is 0.650. The van der Waals surface area contributed by atoms with Gasteiger partial charge in [0.05, 0.1) is 0 Å². The van der Waals surface area contributed by atoms with E-state index in [4.69, 9.17) is 0 Å². The second-order valence-corrected chi connectivity index (χ2v) is 3.36. The number of likely N-dealkylation sites (N-methyl/N-ethyl adjacent to an activating group) is 1. The number of nitrogens with one attached hydrogen (secondary N) is 1.